The highest BCUT2D eigenvalue weighted by Gasteiger charge is 2.62. The molecule has 1 aromatic rings. The number of halogens is 1. The molecule has 0 aliphatic heterocycles. The summed E-state index contributed by atoms with van der Waals surface area (Å²) in [7, 11) is 0. The molecule has 16 heavy (non-hydrogen) atoms. The minimum Gasteiger partial charge on any atom is -0.481 e. The highest BCUT2D eigenvalue weighted by Crippen LogP contribution is 2.64. The number of aliphatic carboxylic acids is 1. The first-order valence-electron chi connectivity index (χ1n) is 5.62. The van der Waals surface area contributed by atoms with Crippen molar-refractivity contribution in [3.05, 3.63) is 34.3 Å². The molecule has 2 aliphatic rings. The normalized spacial score (nSPS) is 29.8. The van der Waals surface area contributed by atoms with Crippen LogP contribution in [0.1, 0.15) is 24.8 Å². The Morgan fingerprint density at radius 1 is 1.31 bits per heavy atom. The molecule has 2 atom stereocenters. The van der Waals surface area contributed by atoms with Gasteiger partial charge in [-0.2, -0.15) is 0 Å². The van der Waals surface area contributed by atoms with Crippen LogP contribution in [-0.2, 0) is 10.2 Å². The maximum atomic E-state index is 10.9. The number of carboxylic acid groups (broad SMARTS) is 1. The molecule has 3 rings (SSSR count). The van der Waals surface area contributed by atoms with Crippen molar-refractivity contribution in [1.82, 2.24) is 0 Å². The van der Waals surface area contributed by atoms with E-state index in [1.54, 1.807) is 0 Å². The maximum Gasteiger partial charge on any atom is 0.306 e. The average Bonchev–Trinajstić information content (AvgIpc) is 3.12. The van der Waals surface area contributed by atoms with Crippen molar-refractivity contribution in [2.24, 2.45) is 11.8 Å². The fraction of sp³-hybridized carbons (Fsp3) is 0.462. The zero-order valence-corrected chi connectivity index (χ0v) is 10.4. The Morgan fingerprint density at radius 3 is 2.38 bits per heavy atom. The van der Waals surface area contributed by atoms with E-state index in [9.17, 15) is 4.79 Å². The first-order chi connectivity index (χ1) is 7.63. The van der Waals surface area contributed by atoms with E-state index >= 15 is 0 Å². The van der Waals surface area contributed by atoms with E-state index in [-0.39, 0.29) is 11.3 Å². The molecule has 84 valence electrons. The molecular weight excluding hydrogens is 268 g/mol. The molecule has 2 nitrogen and oxygen atoms in total. The minimum absolute atomic E-state index is 0.0915. The van der Waals surface area contributed by atoms with Crippen LogP contribution in [0.5, 0.6) is 0 Å². The van der Waals surface area contributed by atoms with Gasteiger partial charge in [0.25, 0.3) is 0 Å². The molecule has 2 aliphatic carbocycles. The van der Waals surface area contributed by atoms with Gasteiger partial charge in [0, 0.05) is 4.47 Å². The van der Waals surface area contributed by atoms with Gasteiger partial charge < -0.3 is 5.11 Å². The van der Waals surface area contributed by atoms with Crippen LogP contribution in [0.2, 0.25) is 0 Å². The zero-order chi connectivity index (χ0) is 11.3. The summed E-state index contributed by atoms with van der Waals surface area (Å²) in [5.74, 6) is -0.328. The van der Waals surface area contributed by atoms with Gasteiger partial charge >= 0.3 is 5.97 Å². The number of carboxylic acids is 1. The Labute approximate surface area is 103 Å². The van der Waals surface area contributed by atoms with Crippen molar-refractivity contribution in [3.8, 4) is 0 Å². The minimum atomic E-state index is -0.617. The van der Waals surface area contributed by atoms with Crippen molar-refractivity contribution >= 4 is 21.9 Å². The summed E-state index contributed by atoms with van der Waals surface area (Å²) in [6.45, 7) is 0. The van der Waals surface area contributed by atoms with E-state index in [0.717, 1.165) is 23.7 Å². The second-order valence-corrected chi connectivity index (χ2v) is 5.87. The van der Waals surface area contributed by atoms with Gasteiger partial charge in [0.1, 0.15) is 0 Å². The topological polar surface area (TPSA) is 37.3 Å². The first-order valence-corrected chi connectivity index (χ1v) is 6.42. The van der Waals surface area contributed by atoms with Gasteiger partial charge in [-0.3, -0.25) is 4.79 Å². The number of rotatable bonds is 3. The van der Waals surface area contributed by atoms with E-state index in [1.807, 2.05) is 12.1 Å². The van der Waals surface area contributed by atoms with Gasteiger partial charge in [-0.25, -0.2) is 0 Å². The molecule has 0 saturated heterocycles. The SMILES string of the molecule is O=C(O)[C@@H]1C[C@H]1C1(c2ccc(Br)cc2)CC1. The lowest BCUT2D eigenvalue weighted by Gasteiger charge is -2.15. The van der Waals surface area contributed by atoms with Crippen LogP contribution in [0.4, 0.5) is 0 Å². The van der Waals surface area contributed by atoms with Crippen LogP contribution in [-0.4, -0.2) is 11.1 Å². The molecule has 2 saturated carbocycles. The molecule has 1 aromatic carbocycles. The molecule has 0 spiro atoms. The third-order valence-electron chi connectivity index (χ3n) is 4.03. The summed E-state index contributed by atoms with van der Waals surface area (Å²) < 4.78 is 1.08. The van der Waals surface area contributed by atoms with Gasteiger partial charge in [-0.05, 0) is 48.3 Å². The summed E-state index contributed by atoms with van der Waals surface area (Å²) >= 11 is 3.43. The third kappa shape index (κ3) is 1.49. The van der Waals surface area contributed by atoms with Crippen molar-refractivity contribution in [3.63, 3.8) is 0 Å². The lowest BCUT2D eigenvalue weighted by atomic mass is 9.89. The van der Waals surface area contributed by atoms with Crippen molar-refractivity contribution < 1.29 is 9.90 Å². The van der Waals surface area contributed by atoms with Gasteiger partial charge in [0.05, 0.1) is 5.92 Å². The highest BCUT2D eigenvalue weighted by molar-refractivity contribution is 9.10. The second kappa shape index (κ2) is 3.33. The van der Waals surface area contributed by atoms with Crippen molar-refractivity contribution in [2.75, 3.05) is 0 Å². The van der Waals surface area contributed by atoms with E-state index in [1.165, 1.54) is 5.56 Å². The fourth-order valence-electron chi connectivity index (χ4n) is 2.87. The molecule has 0 heterocycles. The molecule has 0 bridgehead atoms. The van der Waals surface area contributed by atoms with Gasteiger partial charge in [0.2, 0.25) is 0 Å². The molecule has 1 N–H and O–H groups in total. The third-order valence-corrected chi connectivity index (χ3v) is 4.55. The summed E-state index contributed by atoms with van der Waals surface area (Å²) in [6.07, 6.45) is 3.18. The number of carbonyl (C=O) groups is 1. The van der Waals surface area contributed by atoms with E-state index in [2.05, 4.69) is 28.1 Å². The standard InChI is InChI=1S/C13H13BrO2/c14-9-3-1-8(2-4-9)13(5-6-13)11-7-10(11)12(15)16/h1-4,10-11H,5-7H2,(H,15,16)/t10-,11-/m1/s1. The molecule has 0 amide bonds. The second-order valence-electron chi connectivity index (χ2n) is 4.95. The van der Waals surface area contributed by atoms with Crippen molar-refractivity contribution in [2.45, 2.75) is 24.7 Å². The molecule has 2 fully saturated rings. The van der Waals surface area contributed by atoms with Crippen LogP contribution in [0.3, 0.4) is 0 Å². The molecular formula is C13H13BrO2. The smallest absolute Gasteiger partial charge is 0.306 e. The quantitative estimate of drug-likeness (QED) is 0.923. The average molecular weight is 281 g/mol. The van der Waals surface area contributed by atoms with Crippen molar-refractivity contribution in [1.29, 1.82) is 0 Å². The van der Waals surface area contributed by atoms with E-state index in [4.69, 9.17) is 5.11 Å². The largest absolute Gasteiger partial charge is 0.481 e. The highest BCUT2D eigenvalue weighted by atomic mass is 79.9. The lowest BCUT2D eigenvalue weighted by molar-refractivity contribution is -0.139. The Kier molecular flexibility index (Phi) is 2.15. The molecule has 0 radical (unpaired) electrons. The van der Waals surface area contributed by atoms with Crippen LogP contribution in [0.25, 0.3) is 0 Å². The summed E-state index contributed by atoms with van der Waals surface area (Å²) in [6, 6.07) is 8.36. The van der Waals surface area contributed by atoms with Crippen LogP contribution < -0.4 is 0 Å². The van der Waals surface area contributed by atoms with E-state index < -0.39 is 5.97 Å². The van der Waals surface area contributed by atoms with Gasteiger partial charge in [-0.15, -0.1) is 0 Å². The number of benzene rings is 1. The van der Waals surface area contributed by atoms with Gasteiger partial charge in [0.15, 0.2) is 0 Å². The van der Waals surface area contributed by atoms with Crippen LogP contribution in [0.15, 0.2) is 28.7 Å². The molecule has 0 aromatic heterocycles. The molecule has 3 heteroatoms. The Morgan fingerprint density at radius 2 is 1.94 bits per heavy atom. The van der Waals surface area contributed by atoms with E-state index in [0.29, 0.717) is 5.92 Å². The maximum absolute atomic E-state index is 10.9. The summed E-state index contributed by atoms with van der Waals surface area (Å²) in [4.78, 5) is 10.9. The Bertz CT molecular complexity index is 434. The predicted molar refractivity (Wildman–Crippen MR) is 64.3 cm³/mol. The predicted octanol–water partition coefficient (Wildman–Crippen LogP) is 3.20. The monoisotopic (exact) mass is 280 g/mol. The fourth-order valence-corrected chi connectivity index (χ4v) is 3.13. The Hall–Kier alpha value is -0.830. The Balaban J connectivity index is 1.85. The molecule has 0 unspecified atom stereocenters. The van der Waals surface area contributed by atoms with Gasteiger partial charge in [-0.1, -0.05) is 28.1 Å². The summed E-state index contributed by atoms with van der Waals surface area (Å²) in [5.41, 5.74) is 1.52. The first kappa shape index (κ1) is 10.3. The number of hydrogen-bond donors (Lipinski definition) is 1. The van der Waals surface area contributed by atoms with Crippen LogP contribution in [0, 0.1) is 11.8 Å². The zero-order valence-electron chi connectivity index (χ0n) is 8.82. The number of hydrogen-bond acceptors (Lipinski definition) is 1. The summed E-state index contributed by atoms with van der Waals surface area (Å²) in [5, 5.41) is 9.00. The lowest BCUT2D eigenvalue weighted by Crippen LogP contribution is -2.13. The van der Waals surface area contributed by atoms with Crippen LogP contribution >= 0.6 is 15.9 Å².